The fourth-order valence-corrected chi connectivity index (χ4v) is 1.79. The van der Waals surface area contributed by atoms with Gasteiger partial charge in [-0.3, -0.25) is 5.41 Å². The van der Waals surface area contributed by atoms with Gasteiger partial charge in [0.1, 0.15) is 0 Å². The lowest BCUT2D eigenvalue weighted by Crippen LogP contribution is -2.39. The molecular weight excluding hydrogens is 228 g/mol. The highest BCUT2D eigenvalue weighted by atomic mass is 32.2. The van der Waals surface area contributed by atoms with Crippen LogP contribution in [0.3, 0.4) is 0 Å². The first-order valence-electron chi connectivity index (χ1n) is 5.33. The molecule has 0 saturated heterocycles. The Labute approximate surface area is 97.5 Å². The van der Waals surface area contributed by atoms with Crippen molar-refractivity contribution in [1.29, 1.82) is 5.41 Å². The van der Waals surface area contributed by atoms with E-state index >= 15 is 0 Å². The number of nitrogens with two attached hydrogens (primary N) is 1. The van der Waals surface area contributed by atoms with E-state index < -0.39 is 10.0 Å². The number of rotatable bonds is 8. The number of nitrogens with one attached hydrogen (secondary N) is 3. The first kappa shape index (κ1) is 15.3. The number of amidine groups is 1. The molecule has 7 heteroatoms. The number of hydrogen-bond acceptors (Lipinski definition) is 4. The largest absolute Gasteiger partial charge is 0.359 e. The molecule has 0 rings (SSSR count). The number of hydrogen-bond donors (Lipinski definition) is 4. The standard InChI is InChI=1S/C9H22N4O2S/c1-8(10)13-9(11)6-4-3-5-7-12-16(2,14)15/h9,12H,3-7,11H2,1-2H3,(H2,10,13). The summed E-state index contributed by atoms with van der Waals surface area (Å²) in [6.07, 6.45) is 4.42. The maximum atomic E-state index is 10.7. The molecule has 5 N–H and O–H groups in total. The van der Waals surface area contributed by atoms with E-state index in [1.807, 2.05) is 0 Å². The van der Waals surface area contributed by atoms with Crippen LogP contribution in [0.5, 0.6) is 0 Å². The molecule has 0 aliphatic rings. The molecule has 0 amide bonds. The maximum Gasteiger partial charge on any atom is 0.208 e. The fraction of sp³-hybridized carbons (Fsp3) is 0.889. The minimum Gasteiger partial charge on any atom is -0.359 e. The zero-order valence-electron chi connectivity index (χ0n) is 9.91. The predicted molar refractivity (Wildman–Crippen MR) is 65.8 cm³/mol. The molecular formula is C9H22N4O2S. The summed E-state index contributed by atoms with van der Waals surface area (Å²) in [6.45, 7) is 2.13. The molecule has 0 fully saturated rings. The second-order valence-electron chi connectivity index (χ2n) is 3.89. The zero-order chi connectivity index (χ0) is 12.6. The van der Waals surface area contributed by atoms with Gasteiger partial charge in [-0.25, -0.2) is 13.1 Å². The summed E-state index contributed by atoms with van der Waals surface area (Å²) in [5, 5.41) is 9.98. The quantitative estimate of drug-likeness (QED) is 0.210. The maximum absolute atomic E-state index is 10.7. The highest BCUT2D eigenvalue weighted by molar-refractivity contribution is 7.88. The summed E-state index contributed by atoms with van der Waals surface area (Å²) in [5.74, 6) is 0.367. The average molecular weight is 250 g/mol. The van der Waals surface area contributed by atoms with Crippen molar-refractivity contribution in [2.45, 2.75) is 38.8 Å². The van der Waals surface area contributed by atoms with Crippen LogP contribution >= 0.6 is 0 Å². The van der Waals surface area contributed by atoms with Crippen LogP contribution in [0.25, 0.3) is 0 Å². The van der Waals surface area contributed by atoms with Crippen LogP contribution in [-0.2, 0) is 10.0 Å². The molecule has 0 heterocycles. The van der Waals surface area contributed by atoms with Gasteiger partial charge in [0.15, 0.2) is 0 Å². The predicted octanol–water partition coefficient (Wildman–Crippen LogP) is -0.0324. The van der Waals surface area contributed by atoms with E-state index in [0.29, 0.717) is 12.4 Å². The lowest BCUT2D eigenvalue weighted by atomic mass is 10.1. The SMILES string of the molecule is CC(=N)NC(N)CCCCCNS(C)(=O)=O. The molecule has 0 bridgehead atoms. The molecule has 0 saturated carbocycles. The van der Waals surface area contributed by atoms with Crippen LogP contribution in [0.4, 0.5) is 0 Å². The molecule has 0 spiro atoms. The molecule has 1 atom stereocenters. The minimum atomic E-state index is -3.06. The van der Waals surface area contributed by atoms with Crippen LogP contribution < -0.4 is 15.8 Å². The van der Waals surface area contributed by atoms with Gasteiger partial charge in [-0.15, -0.1) is 0 Å². The zero-order valence-corrected chi connectivity index (χ0v) is 10.7. The Morgan fingerprint density at radius 1 is 1.38 bits per heavy atom. The lowest BCUT2D eigenvalue weighted by Gasteiger charge is -2.13. The molecule has 0 radical (unpaired) electrons. The third kappa shape index (κ3) is 11.4. The molecule has 0 aliphatic heterocycles. The molecule has 0 aliphatic carbocycles. The van der Waals surface area contributed by atoms with Gasteiger partial charge in [0.05, 0.1) is 18.3 Å². The van der Waals surface area contributed by atoms with Crippen molar-refractivity contribution in [2.75, 3.05) is 12.8 Å². The van der Waals surface area contributed by atoms with Gasteiger partial charge in [-0.05, 0) is 19.8 Å². The number of unbranched alkanes of at least 4 members (excludes halogenated alkanes) is 2. The van der Waals surface area contributed by atoms with Gasteiger partial charge < -0.3 is 11.1 Å². The smallest absolute Gasteiger partial charge is 0.208 e. The third-order valence-electron chi connectivity index (χ3n) is 1.96. The van der Waals surface area contributed by atoms with Gasteiger partial charge >= 0.3 is 0 Å². The topological polar surface area (TPSA) is 108 Å². The van der Waals surface area contributed by atoms with Gasteiger partial charge in [0.25, 0.3) is 0 Å². The van der Waals surface area contributed by atoms with E-state index in [-0.39, 0.29) is 6.17 Å². The van der Waals surface area contributed by atoms with Crippen molar-refractivity contribution < 1.29 is 8.42 Å². The van der Waals surface area contributed by atoms with Gasteiger partial charge in [0, 0.05) is 6.54 Å². The molecule has 96 valence electrons. The summed E-state index contributed by atoms with van der Waals surface area (Å²) >= 11 is 0. The first-order chi connectivity index (χ1) is 7.31. The van der Waals surface area contributed by atoms with Gasteiger partial charge in [-0.2, -0.15) is 0 Å². The van der Waals surface area contributed by atoms with Crippen LogP contribution in [0.2, 0.25) is 0 Å². The Hall–Kier alpha value is -0.660. The normalized spacial score (nSPS) is 13.4. The Morgan fingerprint density at radius 2 is 2.00 bits per heavy atom. The van der Waals surface area contributed by atoms with E-state index in [0.717, 1.165) is 31.9 Å². The minimum absolute atomic E-state index is 0.180. The molecule has 0 aromatic carbocycles. The summed E-state index contributed by atoms with van der Waals surface area (Å²) in [6, 6.07) is 0. The molecule has 6 nitrogen and oxygen atoms in total. The van der Waals surface area contributed by atoms with Crippen LogP contribution in [0.15, 0.2) is 0 Å². The van der Waals surface area contributed by atoms with E-state index in [1.165, 1.54) is 0 Å². The van der Waals surface area contributed by atoms with E-state index in [9.17, 15) is 8.42 Å². The van der Waals surface area contributed by atoms with Crippen LogP contribution in [0.1, 0.15) is 32.6 Å². The van der Waals surface area contributed by atoms with Gasteiger partial charge in [-0.1, -0.05) is 12.8 Å². The summed E-state index contributed by atoms with van der Waals surface area (Å²) in [5.41, 5.74) is 5.70. The van der Waals surface area contributed by atoms with Crippen molar-refractivity contribution in [2.24, 2.45) is 5.73 Å². The van der Waals surface area contributed by atoms with Crippen molar-refractivity contribution >= 4 is 15.9 Å². The highest BCUT2D eigenvalue weighted by Gasteiger charge is 2.02. The van der Waals surface area contributed by atoms with E-state index in [4.69, 9.17) is 11.1 Å². The highest BCUT2D eigenvalue weighted by Crippen LogP contribution is 2.00. The third-order valence-corrected chi connectivity index (χ3v) is 2.69. The van der Waals surface area contributed by atoms with Crippen molar-refractivity contribution in [3.63, 3.8) is 0 Å². The second-order valence-corrected chi connectivity index (χ2v) is 5.72. The van der Waals surface area contributed by atoms with E-state index in [2.05, 4.69) is 10.0 Å². The molecule has 16 heavy (non-hydrogen) atoms. The first-order valence-corrected chi connectivity index (χ1v) is 7.22. The summed E-state index contributed by atoms with van der Waals surface area (Å²) in [7, 11) is -3.06. The Bertz CT molecular complexity index is 303. The summed E-state index contributed by atoms with van der Waals surface area (Å²) < 4.78 is 23.9. The van der Waals surface area contributed by atoms with Crippen molar-refractivity contribution in [3.05, 3.63) is 0 Å². The fourth-order valence-electron chi connectivity index (χ4n) is 1.27. The van der Waals surface area contributed by atoms with Gasteiger partial charge in [0.2, 0.25) is 10.0 Å². The number of sulfonamides is 1. The lowest BCUT2D eigenvalue weighted by molar-refractivity contribution is 0.524. The van der Waals surface area contributed by atoms with Crippen molar-refractivity contribution in [3.8, 4) is 0 Å². The Balaban J connectivity index is 3.37. The van der Waals surface area contributed by atoms with Crippen molar-refractivity contribution in [1.82, 2.24) is 10.0 Å². The van der Waals surface area contributed by atoms with Crippen LogP contribution in [0, 0.1) is 5.41 Å². The Kier molecular flexibility index (Phi) is 7.27. The monoisotopic (exact) mass is 250 g/mol. The summed E-state index contributed by atoms with van der Waals surface area (Å²) in [4.78, 5) is 0. The Morgan fingerprint density at radius 3 is 2.50 bits per heavy atom. The van der Waals surface area contributed by atoms with Crippen LogP contribution in [-0.4, -0.2) is 33.2 Å². The van der Waals surface area contributed by atoms with E-state index in [1.54, 1.807) is 6.92 Å². The molecule has 0 aromatic rings. The molecule has 0 aromatic heterocycles. The second kappa shape index (κ2) is 7.59. The average Bonchev–Trinajstić information content (AvgIpc) is 2.07. The molecule has 1 unspecified atom stereocenters.